The number of rotatable bonds is 5. The summed E-state index contributed by atoms with van der Waals surface area (Å²) in [6.45, 7) is 6.35. The zero-order valence-electron chi connectivity index (χ0n) is 14.4. The molecule has 0 aliphatic heterocycles. The first-order chi connectivity index (χ1) is 11.2. The van der Waals surface area contributed by atoms with Crippen molar-refractivity contribution in [2.45, 2.75) is 38.5 Å². The van der Waals surface area contributed by atoms with Crippen molar-refractivity contribution in [2.75, 3.05) is 7.11 Å². The molecule has 0 spiro atoms. The highest BCUT2D eigenvalue weighted by molar-refractivity contribution is 5.87. The van der Waals surface area contributed by atoms with Gasteiger partial charge in [-0.2, -0.15) is 0 Å². The molecule has 0 saturated carbocycles. The number of ether oxygens (including phenoxy) is 1. The third-order valence-electron chi connectivity index (χ3n) is 4.05. The predicted octanol–water partition coefficient (Wildman–Crippen LogP) is 3.51. The zero-order valence-corrected chi connectivity index (χ0v) is 14.4. The van der Waals surface area contributed by atoms with Gasteiger partial charge in [0.25, 0.3) is 0 Å². The second-order valence-electron chi connectivity index (χ2n) is 6.86. The van der Waals surface area contributed by atoms with Crippen molar-refractivity contribution >= 4 is 11.9 Å². The Labute approximate surface area is 141 Å². The summed E-state index contributed by atoms with van der Waals surface area (Å²) in [5.41, 5.74) is 2.92. The number of carboxylic acid groups (broad SMARTS) is 1. The summed E-state index contributed by atoms with van der Waals surface area (Å²) < 4.78 is 4.65. The number of methoxy groups -OCH3 is 1. The van der Waals surface area contributed by atoms with E-state index in [-0.39, 0.29) is 11.8 Å². The summed E-state index contributed by atoms with van der Waals surface area (Å²) in [4.78, 5) is 26.1. The maximum absolute atomic E-state index is 11.7. The molecule has 0 amide bonds. The molecule has 0 fully saturated rings. The number of aliphatic carboxylic acids is 1. The maximum Gasteiger partial charge on any atom is 0.354 e. The molecule has 0 bridgehead atoms. The van der Waals surface area contributed by atoms with Gasteiger partial charge in [-0.05, 0) is 28.7 Å². The fraction of sp³-hybridized carbons (Fsp3) is 0.368. The molecule has 2 aromatic rings. The van der Waals surface area contributed by atoms with E-state index in [1.165, 1.54) is 7.11 Å². The maximum atomic E-state index is 11.7. The van der Waals surface area contributed by atoms with Crippen LogP contribution in [0, 0.1) is 0 Å². The highest BCUT2D eigenvalue weighted by atomic mass is 16.5. The summed E-state index contributed by atoms with van der Waals surface area (Å²) in [7, 11) is 1.31. The lowest BCUT2D eigenvalue weighted by atomic mass is 9.85. The van der Waals surface area contributed by atoms with Crippen LogP contribution in [-0.2, 0) is 21.4 Å². The number of benzene rings is 1. The largest absolute Gasteiger partial charge is 0.481 e. The Balaban J connectivity index is 2.22. The number of hydrogen-bond donors (Lipinski definition) is 2. The van der Waals surface area contributed by atoms with Crippen molar-refractivity contribution in [3.63, 3.8) is 0 Å². The van der Waals surface area contributed by atoms with Crippen LogP contribution in [0.3, 0.4) is 0 Å². The van der Waals surface area contributed by atoms with Crippen LogP contribution in [0.15, 0.2) is 36.4 Å². The van der Waals surface area contributed by atoms with Gasteiger partial charge in [0.2, 0.25) is 0 Å². The van der Waals surface area contributed by atoms with E-state index in [0.717, 1.165) is 11.1 Å². The Bertz CT molecular complexity index is 723. The topological polar surface area (TPSA) is 79.4 Å². The number of carboxylic acids is 1. The monoisotopic (exact) mass is 329 g/mol. The fourth-order valence-corrected chi connectivity index (χ4v) is 2.57. The smallest absolute Gasteiger partial charge is 0.354 e. The van der Waals surface area contributed by atoms with Gasteiger partial charge in [-0.3, -0.25) is 4.79 Å². The molecule has 128 valence electrons. The van der Waals surface area contributed by atoms with Crippen LogP contribution in [-0.4, -0.2) is 29.1 Å². The third kappa shape index (κ3) is 4.04. The average molecular weight is 329 g/mol. The average Bonchev–Trinajstić information content (AvgIpc) is 2.99. The number of hydrogen-bond acceptors (Lipinski definition) is 3. The van der Waals surface area contributed by atoms with E-state index in [9.17, 15) is 14.7 Å². The molecule has 5 nitrogen and oxygen atoms in total. The molecule has 2 N–H and O–H groups in total. The van der Waals surface area contributed by atoms with Crippen LogP contribution < -0.4 is 0 Å². The lowest BCUT2D eigenvalue weighted by Gasteiger charge is -2.20. The first kappa shape index (κ1) is 17.8. The van der Waals surface area contributed by atoms with Gasteiger partial charge in [0, 0.05) is 12.1 Å². The zero-order chi connectivity index (χ0) is 17.9. The highest BCUT2D eigenvalue weighted by Gasteiger charge is 2.22. The van der Waals surface area contributed by atoms with E-state index in [0.29, 0.717) is 11.4 Å². The lowest BCUT2D eigenvalue weighted by Crippen LogP contribution is -2.16. The van der Waals surface area contributed by atoms with Crippen molar-refractivity contribution in [3.05, 3.63) is 58.9 Å². The fourth-order valence-electron chi connectivity index (χ4n) is 2.57. The van der Waals surface area contributed by atoms with Gasteiger partial charge in [-0.15, -0.1) is 0 Å². The minimum atomic E-state index is -0.896. The van der Waals surface area contributed by atoms with E-state index in [1.54, 1.807) is 12.1 Å². The van der Waals surface area contributed by atoms with Crippen molar-refractivity contribution in [1.29, 1.82) is 0 Å². The number of nitrogens with one attached hydrogen (secondary N) is 1. The Morgan fingerprint density at radius 1 is 1.12 bits per heavy atom. The molecule has 24 heavy (non-hydrogen) atoms. The van der Waals surface area contributed by atoms with Gasteiger partial charge in [-0.1, -0.05) is 45.0 Å². The summed E-state index contributed by atoms with van der Waals surface area (Å²) in [6.07, 6.45) is 0.279. The normalized spacial score (nSPS) is 12.7. The molecule has 0 radical (unpaired) electrons. The molecule has 1 heterocycles. The molecule has 0 aliphatic rings. The van der Waals surface area contributed by atoms with Crippen molar-refractivity contribution in [3.8, 4) is 0 Å². The van der Waals surface area contributed by atoms with E-state index in [4.69, 9.17) is 0 Å². The van der Waals surface area contributed by atoms with Gasteiger partial charge in [-0.25, -0.2) is 4.79 Å². The molecule has 1 aromatic heterocycles. The molecule has 2 rings (SSSR count). The van der Waals surface area contributed by atoms with Crippen LogP contribution in [0.4, 0.5) is 0 Å². The Morgan fingerprint density at radius 2 is 1.75 bits per heavy atom. The first-order valence-corrected chi connectivity index (χ1v) is 7.82. The van der Waals surface area contributed by atoms with Crippen LogP contribution >= 0.6 is 0 Å². The summed E-state index contributed by atoms with van der Waals surface area (Å²) >= 11 is 0. The molecule has 0 saturated heterocycles. The Kier molecular flexibility index (Phi) is 5.12. The third-order valence-corrected chi connectivity index (χ3v) is 4.05. The summed E-state index contributed by atoms with van der Waals surface area (Å²) in [6, 6.07) is 11.0. The number of esters is 1. The van der Waals surface area contributed by atoms with Crippen LogP contribution in [0.5, 0.6) is 0 Å². The molecule has 5 heteroatoms. The van der Waals surface area contributed by atoms with Gasteiger partial charge < -0.3 is 14.8 Å². The number of aromatic amines is 1. The van der Waals surface area contributed by atoms with Gasteiger partial charge in [0.15, 0.2) is 0 Å². The number of aromatic nitrogens is 1. The molecule has 1 aromatic carbocycles. The summed E-state index contributed by atoms with van der Waals surface area (Å²) in [5, 5.41) is 9.57. The molecule has 1 atom stereocenters. The number of H-pyrrole nitrogens is 1. The van der Waals surface area contributed by atoms with Crippen molar-refractivity contribution < 1.29 is 19.4 Å². The predicted molar refractivity (Wildman–Crippen MR) is 91.4 cm³/mol. The molecule has 0 aliphatic carbocycles. The molecular weight excluding hydrogens is 306 g/mol. The SMILES string of the molecule is COC(=O)c1ccc(CC(C(=O)O)c2ccc(C(C)(C)C)cc2)[nH]1. The lowest BCUT2D eigenvalue weighted by molar-refractivity contribution is -0.138. The van der Waals surface area contributed by atoms with E-state index >= 15 is 0 Å². The van der Waals surface area contributed by atoms with E-state index < -0.39 is 17.9 Å². The number of carbonyl (C=O) groups is 2. The van der Waals surface area contributed by atoms with E-state index in [1.807, 2.05) is 24.3 Å². The quantitative estimate of drug-likeness (QED) is 0.823. The summed E-state index contributed by atoms with van der Waals surface area (Å²) in [5.74, 6) is -2.04. The first-order valence-electron chi connectivity index (χ1n) is 7.82. The minimum Gasteiger partial charge on any atom is -0.481 e. The van der Waals surface area contributed by atoms with E-state index in [2.05, 4.69) is 30.5 Å². The van der Waals surface area contributed by atoms with Gasteiger partial charge >= 0.3 is 11.9 Å². The highest BCUT2D eigenvalue weighted by Crippen LogP contribution is 2.26. The van der Waals surface area contributed by atoms with Crippen molar-refractivity contribution in [2.24, 2.45) is 0 Å². The molecular formula is C19H23NO4. The van der Waals surface area contributed by atoms with Gasteiger partial charge in [0.05, 0.1) is 13.0 Å². The molecule has 1 unspecified atom stereocenters. The standard InChI is InChI=1S/C19H23NO4/c1-19(2,3)13-7-5-12(6-8-13)15(17(21)22)11-14-9-10-16(20-14)18(23)24-4/h5-10,15,20H,11H2,1-4H3,(H,21,22). The number of carbonyl (C=O) groups excluding carboxylic acids is 1. The van der Waals surface area contributed by atoms with Gasteiger partial charge in [0.1, 0.15) is 5.69 Å². The van der Waals surface area contributed by atoms with Crippen LogP contribution in [0.2, 0.25) is 0 Å². The Morgan fingerprint density at radius 3 is 2.25 bits per heavy atom. The Hall–Kier alpha value is -2.56. The van der Waals surface area contributed by atoms with Crippen LogP contribution in [0.25, 0.3) is 0 Å². The minimum absolute atomic E-state index is 0.0200. The second kappa shape index (κ2) is 6.91. The van der Waals surface area contributed by atoms with Crippen molar-refractivity contribution in [1.82, 2.24) is 4.98 Å². The second-order valence-corrected chi connectivity index (χ2v) is 6.86. The van der Waals surface area contributed by atoms with Crippen LogP contribution in [0.1, 0.15) is 54.0 Å².